The number of carbonyl (C=O) groups is 1. The predicted molar refractivity (Wildman–Crippen MR) is 118 cm³/mol. The molecule has 0 spiro atoms. The number of thiocarbonyl (C=S) groups is 1. The van der Waals surface area contributed by atoms with Gasteiger partial charge in [0.2, 0.25) is 5.91 Å². The third kappa shape index (κ3) is 5.90. The van der Waals surface area contributed by atoms with Gasteiger partial charge in [0, 0.05) is 5.69 Å². The summed E-state index contributed by atoms with van der Waals surface area (Å²) in [4.78, 5) is 12.6. The van der Waals surface area contributed by atoms with Crippen LogP contribution in [-0.4, -0.2) is 11.0 Å². The summed E-state index contributed by atoms with van der Waals surface area (Å²) in [7, 11) is 0. The van der Waals surface area contributed by atoms with E-state index in [1.54, 1.807) is 0 Å². The fourth-order valence-electron chi connectivity index (χ4n) is 3.13. The van der Waals surface area contributed by atoms with Crippen molar-refractivity contribution in [2.24, 2.45) is 5.92 Å². The van der Waals surface area contributed by atoms with E-state index in [0.29, 0.717) is 11.0 Å². The summed E-state index contributed by atoms with van der Waals surface area (Å²) < 4.78 is 0. The molecule has 0 heterocycles. The van der Waals surface area contributed by atoms with E-state index in [1.165, 1.54) is 11.1 Å². The van der Waals surface area contributed by atoms with Crippen LogP contribution in [0.5, 0.6) is 0 Å². The van der Waals surface area contributed by atoms with Crippen LogP contribution in [0.1, 0.15) is 55.9 Å². The van der Waals surface area contributed by atoms with Crippen LogP contribution in [0.3, 0.4) is 0 Å². The zero-order chi connectivity index (χ0) is 20.0. The maximum absolute atomic E-state index is 12.6. The Morgan fingerprint density at radius 1 is 1.07 bits per heavy atom. The molecule has 2 aromatic carbocycles. The molecule has 0 saturated heterocycles. The molecular formula is C23H30N2OS. The number of para-hydroxylation sites is 1. The summed E-state index contributed by atoms with van der Waals surface area (Å²) in [6.45, 7) is 10.5. The van der Waals surface area contributed by atoms with Gasteiger partial charge >= 0.3 is 0 Å². The fraction of sp³-hybridized carbons (Fsp3) is 0.391. The van der Waals surface area contributed by atoms with Crippen molar-refractivity contribution in [3.05, 3.63) is 64.7 Å². The number of anilines is 1. The molecule has 2 N–H and O–H groups in total. The molecule has 3 nitrogen and oxygen atoms in total. The third-order valence-electron chi connectivity index (χ3n) is 4.73. The second-order valence-electron chi connectivity index (χ2n) is 7.47. The Labute approximate surface area is 168 Å². The number of benzene rings is 2. The number of nitrogens with one attached hydrogen (secondary N) is 2. The van der Waals surface area contributed by atoms with Gasteiger partial charge in [-0.2, -0.15) is 0 Å². The van der Waals surface area contributed by atoms with Crippen LogP contribution in [0, 0.1) is 12.8 Å². The summed E-state index contributed by atoms with van der Waals surface area (Å²) in [5.41, 5.74) is 5.56. The van der Waals surface area contributed by atoms with Crippen LogP contribution in [-0.2, 0) is 17.6 Å². The Kier molecular flexibility index (Phi) is 7.55. The van der Waals surface area contributed by atoms with E-state index in [2.05, 4.69) is 49.6 Å². The van der Waals surface area contributed by atoms with Crippen LogP contribution in [0.25, 0.3) is 0 Å². The number of amides is 1. The highest BCUT2D eigenvalue weighted by Gasteiger charge is 2.17. The molecule has 1 amide bonds. The van der Waals surface area contributed by atoms with Gasteiger partial charge < -0.3 is 10.6 Å². The molecule has 0 saturated carbocycles. The van der Waals surface area contributed by atoms with Crippen molar-refractivity contribution >= 4 is 28.9 Å². The van der Waals surface area contributed by atoms with Crippen LogP contribution >= 0.6 is 12.2 Å². The monoisotopic (exact) mass is 382 g/mol. The second-order valence-corrected chi connectivity index (χ2v) is 7.88. The molecule has 0 aliphatic carbocycles. The van der Waals surface area contributed by atoms with Crippen molar-refractivity contribution in [2.75, 3.05) is 5.32 Å². The first kappa shape index (κ1) is 21.1. The van der Waals surface area contributed by atoms with E-state index in [0.717, 1.165) is 29.7 Å². The topological polar surface area (TPSA) is 41.1 Å². The number of carbonyl (C=O) groups excluding carboxylic acids is 1. The average Bonchev–Trinajstić information content (AvgIpc) is 2.62. The molecule has 0 aromatic heterocycles. The Balaban J connectivity index is 2.01. The van der Waals surface area contributed by atoms with Crippen molar-refractivity contribution in [3.63, 3.8) is 0 Å². The largest absolute Gasteiger partial charge is 0.332 e. The van der Waals surface area contributed by atoms with Gasteiger partial charge in [-0.15, -0.1) is 0 Å². The van der Waals surface area contributed by atoms with Crippen LogP contribution in [0.4, 0.5) is 5.69 Å². The van der Waals surface area contributed by atoms with Crippen molar-refractivity contribution < 1.29 is 4.79 Å². The summed E-state index contributed by atoms with van der Waals surface area (Å²) in [5.74, 6) is 0.255. The van der Waals surface area contributed by atoms with Gasteiger partial charge in [0.05, 0.1) is 5.92 Å². The van der Waals surface area contributed by atoms with Gasteiger partial charge in [0.1, 0.15) is 0 Å². The van der Waals surface area contributed by atoms with E-state index < -0.39 is 0 Å². The highest BCUT2D eigenvalue weighted by molar-refractivity contribution is 7.80. The predicted octanol–water partition coefficient (Wildman–Crippen LogP) is 5.37. The molecule has 4 heteroatoms. The van der Waals surface area contributed by atoms with Gasteiger partial charge in [-0.1, -0.05) is 63.2 Å². The van der Waals surface area contributed by atoms with Crippen molar-refractivity contribution in [3.8, 4) is 0 Å². The molecule has 0 bridgehead atoms. The standard InChI is InChI=1S/C23H30N2OS/c1-6-19-9-7-8-16(4)21(19)24-23(27)25-22(26)17(5)20-12-10-18(11-13-20)14-15(2)3/h7-13,15,17H,6,14H2,1-5H3,(H2,24,25,26,27). The molecule has 0 aliphatic rings. The molecule has 0 radical (unpaired) electrons. The lowest BCUT2D eigenvalue weighted by Gasteiger charge is -2.17. The van der Waals surface area contributed by atoms with E-state index >= 15 is 0 Å². The van der Waals surface area contributed by atoms with Gasteiger partial charge in [0.15, 0.2) is 5.11 Å². The van der Waals surface area contributed by atoms with Crippen molar-refractivity contribution in [2.45, 2.75) is 53.4 Å². The lowest BCUT2D eigenvalue weighted by atomic mass is 9.96. The molecule has 2 aromatic rings. The van der Waals surface area contributed by atoms with Gasteiger partial charge in [-0.25, -0.2) is 0 Å². The molecule has 27 heavy (non-hydrogen) atoms. The van der Waals surface area contributed by atoms with Gasteiger partial charge in [0.25, 0.3) is 0 Å². The number of rotatable bonds is 6. The van der Waals surface area contributed by atoms with E-state index in [-0.39, 0.29) is 11.8 Å². The zero-order valence-corrected chi connectivity index (χ0v) is 17.7. The van der Waals surface area contributed by atoms with Crippen LogP contribution < -0.4 is 10.6 Å². The highest BCUT2D eigenvalue weighted by atomic mass is 32.1. The molecular weight excluding hydrogens is 352 g/mol. The third-order valence-corrected chi connectivity index (χ3v) is 4.94. The minimum Gasteiger partial charge on any atom is -0.332 e. The number of aryl methyl sites for hydroxylation is 2. The van der Waals surface area contributed by atoms with Crippen molar-refractivity contribution in [1.82, 2.24) is 5.32 Å². The van der Waals surface area contributed by atoms with Crippen LogP contribution in [0.15, 0.2) is 42.5 Å². The number of hydrogen-bond donors (Lipinski definition) is 2. The summed E-state index contributed by atoms with van der Waals surface area (Å²) in [6.07, 6.45) is 1.95. The molecule has 0 aliphatic heterocycles. The maximum Gasteiger partial charge on any atom is 0.233 e. The molecule has 1 unspecified atom stereocenters. The molecule has 0 fully saturated rings. The Morgan fingerprint density at radius 2 is 1.74 bits per heavy atom. The first-order valence-electron chi connectivity index (χ1n) is 9.61. The molecule has 1 atom stereocenters. The summed E-state index contributed by atoms with van der Waals surface area (Å²) in [5, 5.41) is 6.37. The fourth-order valence-corrected chi connectivity index (χ4v) is 3.33. The minimum absolute atomic E-state index is 0.101. The average molecular weight is 383 g/mol. The first-order chi connectivity index (χ1) is 12.8. The van der Waals surface area contributed by atoms with E-state index in [1.807, 2.05) is 38.1 Å². The Morgan fingerprint density at radius 3 is 2.33 bits per heavy atom. The van der Waals surface area contributed by atoms with Crippen LogP contribution in [0.2, 0.25) is 0 Å². The quantitative estimate of drug-likeness (QED) is 0.660. The second kappa shape index (κ2) is 9.65. The highest BCUT2D eigenvalue weighted by Crippen LogP contribution is 2.21. The van der Waals surface area contributed by atoms with E-state index in [9.17, 15) is 4.79 Å². The Bertz CT molecular complexity index is 797. The van der Waals surface area contributed by atoms with Gasteiger partial charge in [-0.05, 0) is 67.1 Å². The normalized spacial score (nSPS) is 11.9. The summed E-state index contributed by atoms with van der Waals surface area (Å²) in [6, 6.07) is 14.4. The SMILES string of the molecule is CCc1cccc(C)c1NC(=S)NC(=O)C(C)c1ccc(CC(C)C)cc1. The first-order valence-corrected chi connectivity index (χ1v) is 10.0. The maximum atomic E-state index is 12.6. The zero-order valence-electron chi connectivity index (χ0n) is 16.9. The smallest absolute Gasteiger partial charge is 0.233 e. The lowest BCUT2D eigenvalue weighted by molar-refractivity contribution is -0.120. The van der Waals surface area contributed by atoms with Gasteiger partial charge in [-0.3, -0.25) is 4.79 Å². The van der Waals surface area contributed by atoms with Crippen molar-refractivity contribution in [1.29, 1.82) is 0 Å². The summed E-state index contributed by atoms with van der Waals surface area (Å²) >= 11 is 5.37. The van der Waals surface area contributed by atoms with E-state index in [4.69, 9.17) is 12.2 Å². The molecule has 144 valence electrons. The number of hydrogen-bond acceptors (Lipinski definition) is 2. The lowest BCUT2D eigenvalue weighted by Crippen LogP contribution is -2.37. The molecule has 2 rings (SSSR count). The minimum atomic E-state index is -0.264. The Hall–Kier alpha value is -2.20.